The van der Waals surface area contributed by atoms with Crippen molar-refractivity contribution in [1.82, 2.24) is 9.78 Å². The van der Waals surface area contributed by atoms with E-state index in [9.17, 15) is 9.18 Å². The van der Waals surface area contributed by atoms with Gasteiger partial charge in [-0.2, -0.15) is 9.78 Å². The van der Waals surface area contributed by atoms with Gasteiger partial charge in [-0.3, -0.25) is 4.79 Å². The van der Waals surface area contributed by atoms with Gasteiger partial charge in [0.2, 0.25) is 0 Å². The quantitative estimate of drug-likeness (QED) is 0.640. The molecule has 3 rings (SSSR count). The largest absolute Gasteiger partial charge is 0.355 e. The first kappa shape index (κ1) is 16.6. The molecule has 0 bridgehead atoms. The lowest BCUT2D eigenvalue weighted by Crippen LogP contribution is -2.27. The van der Waals surface area contributed by atoms with E-state index in [4.69, 9.17) is 0 Å². The number of rotatable bonds is 2. The first-order chi connectivity index (χ1) is 11.3. The second-order valence-electron chi connectivity index (χ2n) is 6.63. The van der Waals surface area contributed by atoms with Crippen LogP contribution in [0.25, 0.3) is 10.9 Å². The molecule has 2 aromatic carbocycles. The SMILES string of the molecule is CC(C)(C)C(=O)n1ncc2cc(Nc3ccc(F)cc3)c(Br)cc21. The highest BCUT2D eigenvalue weighted by Gasteiger charge is 2.25. The van der Waals surface area contributed by atoms with Crippen LogP contribution in [0.5, 0.6) is 0 Å². The normalized spacial score (nSPS) is 11.7. The average molecular weight is 390 g/mol. The summed E-state index contributed by atoms with van der Waals surface area (Å²) >= 11 is 3.52. The summed E-state index contributed by atoms with van der Waals surface area (Å²) in [5.74, 6) is -0.347. The second kappa shape index (κ2) is 6.02. The van der Waals surface area contributed by atoms with Gasteiger partial charge in [0.15, 0.2) is 0 Å². The number of anilines is 2. The third-order valence-electron chi connectivity index (χ3n) is 3.61. The molecule has 124 valence electrons. The van der Waals surface area contributed by atoms with Gasteiger partial charge in [-0.15, -0.1) is 0 Å². The number of carbonyl (C=O) groups excluding carboxylic acids is 1. The molecule has 0 fully saturated rings. The van der Waals surface area contributed by atoms with Crippen molar-refractivity contribution in [3.8, 4) is 0 Å². The lowest BCUT2D eigenvalue weighted by atomic mass is 9.96. The summed E-state index contributed by atoms with van der Waals surface area (Å²) in [4.78, 5) is 12.5. The Morgan fingerprint density at radius 1 is 1.21 bits per heavy atom. The zero-order valence-electron chi connectivity index (χ0n) is 13.6. The van der Waals surface area contributed by atoms with Crippen LogP contribution in [0.4, 0.5) is 15.8 Å². The van der Waals surface area contributed by atoms with E-state index in [1.54, 1.807) is 18.3 Å². The third kappa shape index (κ3) is 3.19. The molecule has 0 aliphatic rings. The lowest BCUT2D eigenvalue weighted by molar-refractivity contribution is 0.0755. The fourth-order valence-electron chi connectivity index (χ4n) is 2.31. The molecule has 1 heterocycles. The van der Waals surface area contributed by atoms with E-state index in [1.807, 2.05) is 32.9 Å². The van der Waals surface area contributed by atoms with Gasteiger partial charge in [0.25, 0.3) is 5.91 Å². The highest BCUT2D eigenvalue weighted by molar-refractivity contribution is 9.10. The van der Waals surface area contributed by atoms with Crippen LogP contribution in [0.15, 0.2) is 47.1 Å². The Kier molecular flexibility index (Phi) is 4.17. The molecule has 0 atom stereocenters. The summed E-state index contributed by atoms with van der Waals surface area (Å²) < 4.78 is 15.2. The smallest absolute Gasteiger partial charge is 0.252 e. The summed E-state index contributed by atoms with van der Waals surface area (Å²) in [5, 5.41) is 8.30. The van der Waals surface area contributed by atoms with Crippen LogP contribution in [-0.2, 0) is 0 Å². The summed E-state index contributed by atoms with van der Waals surface area (Å²) in [5.41, 5.74) is 1.81. The Balaban J connectivity index is 2.00. The number of benzene rings is 2. The van der Waals surface area contributed by atoms with Crippen LogP contribution in [0.3, 0.4) is 0 Å². The molecule has 0 aliphatic heterocycles. The van der Waals surface area contributed by atoms with Gasteiger partial charge in [-0.1, -0.05) is 20.8 Å². The molecular formula is C18H17BrFN3O. The van der Waals surface area contributed by atoms with Crippen molar-refractivity contribution in [1.29, 1.82) is 0 Å². The predicted octanol–water partition coefficient (Wildman–Crippen LogP) is 5.37. The average Bonchev–Trinajstić information content (AvgIpc) is 2.90. The van der Waals surface area contributed by atoms with Gasteiger partial charge in [-0.05, 0) is 52.3 Å². The van der Waals surface area contributed by atoms with E-state index in [-0.39, 0.29) is 11.7 Å². The molecular weight excluding hydrogens is 373 g/mol. The number of aromatic nitrogens is 2. The van der Waals surface area contributed by atoms with E-state index >= 15 is 0 Å². The minimum Gasteiger partial charge on any atom is -0.355 e. The van der Waals surface area contributed by atoms with Gasteiger partial charge < -0.3 is 5.32 Å². The number of carbonyl (C=O) groups is 1. The minimum atomic E-state index is -0.517. The van der Waals surface area contributed by atoms with Crippen LogP contribution in [0.2, 0.25) is 0 Å². The van der Waals surface area contributed by atoms with Crippen LogP contribution < -0.4 is 5.32 Å². The van der Waals surface area contributed by atoms with E-state index < -0.39 is 5.41 Å². The Morgan fingerprint density at radius 3 is 2.50 bits per heavy atom. The topological polar surface area (TPSA) is 46.9 Å². The fourth-order valence-corrected chi connectivity index (χ4v) is 2.74. The molecule has 24 heavy (non-hydrogen) atoms. The number of nitrogens with zero attached hydrogens (tertiary/aromatic N) is 2. The molecule has 0 unspecified atom stereocenters. The highest BCUT2D eigenvalue weighted by atomic mass is 79.9. The number of halogens is 2. The molecule has 0 amide bonds. The Labute approximate surface area is 147 Å². The number of fused-ring (bicyclic) bond motifs is 1. The molecule has 3 aromatic rings. The van der Waals surface area contributed by atoms with Gasteiger partial charge in [-0.25, -0.2) is 4.39 Å². The molecule has 1 aromatic heterocycles. The van der Waals surface area contributed by atoms with E-state index in [0.29, 0.717) is 0 Å². The number of hydrogen-bond acceptors (Lipinski definition) is 3. The van der Waals surface area contributed by atoms with Crippen molar-refractivity contribution >= 4 is 44.1 Å². The van der Waals surface area contributed by atoms with E-state index in [0.717, 1.165) is 26.8 Å². The molecule has 0 spiro atoms. The first-order valence-electron chi connectivity index (χ1n) is 7.50. The maximum Gasteiger partial charge on any atom is 0.252 e. The van der Waals surface area contributed by atoms with Gasteiger partial charge in [0.1, 0.15) is 5.82 Å². The van der Waals surface area contributed by atoms with Crippen LogP contribution in [0.1, 0.15) is 25.6 Å². The van der Waals surface area contributed by atoms with Gasteiger partial charge in [0.05, 0.1) is 17.4 Å². The number of hydrogen-bond donors (Lipinski definition) is 1. The third-order valence-corrected chi connectivity index (χ3v) is 4.27. The summed E-state index contributed by atoms with van der Waals surface area (Å²) in [6.45, 7) is 5.59. The van der Waals surface area contributed by atoms with Crippen molar-refractivity contribution in [3.05, 3.63) is 52.9 Å². The van der Waals surface area contributed by atoms with Crippen LogP contribution in [-0.4, -0.2) is 15.7 Å². The molecule has 6 heteroatoms. The zero-order valence-corrected chi connectivity index (χ0v) is 15.2. The molecule has 0 saturated carbocycles. The lowest BCUT2D eigenvalue weighted by Gasteiger charge is -2.17. The maximum atomic E-state index is 13.0. The molecule has 0 radical (unpaired) electrons. The van der Waals surface area contributed by atoms with Gasteiger partial charge >= 0.3 is 0 Å². The number of nitrogens with one attached hydrogen (secondary N) is 1. The van der Waals surface area contributed by atoms with Crippen molar-refractivity contribution in [2.45, 2.75) is 20.8 Å². The second-order valence-corrected chi connectivity index (χ2v) is 7.49. The van der Waals surface area contributed by atoms with E-state index in [1.165, 1.54) is 16.8 Å². The highest BCUT2D eigenvalue weighted by Crippen LogP contribution is 2.32. The zero-order chi connectivity index (χ0) is 17.5. The summed E-state index contributed by atoms with van der Waals surface area (Å²) in [6.07, 6.45) is 1.67. The molecule has 4 nitrogen and oxygen atoms in total. The van der Waals surface area contributed by atoms with Crippen LogP contribution in [0, 0.1) is 11.2 Å². The Bertz CT molecular complexity index is 910. The van der Waals surface area contributed by atoms with Gasteiger partial charge in [0, 0.05) is 21.0 Å². The van der Waals surface area contributed by atoms with Crippen molar-refractivity contribution in [2.75, 3.05) is 5.32 Å². The molecule has 0 saturated heterocycles. The van der Waals surface area contributed by atoms with Crippen molar-refractivity contribution in [2.24, 2.45) is 5.41 Å². The Hall–Kier alpha value is -2.21. The fraction of sp³-hybridized carbons (Fsp3) is 0.222. The van der Waals surface area contributed by atoms with E-state index in [2.05, 4.69) is 26.3 Å². The van der Waals surface area contributed by atoms with Crippen molar-refractivity contribution in [3.63, 3.8) is 0 Å². The summed E-state index contributed by atoms with van der Waals surface area (Å²) in [7, 11) is 0. The minimum absolute atomic E-state index is 0.0661. The molecule has 1 N–H and O–H groups in total. The first-order valence-corrected chi connectivity index (χ1v) is 8.30. The Morgan fingerprint density at radius 2 is 1.88 bits per heavy atom. The molecule has 0 aliphatic carbocycles. The van der Waals surface area contributed by atoms with Crippen LogP contribution >= 0.6 is 15.9 Å². The predicted molar refractivity (Wildman–Crippen MR) is 97.2 cm³/mol. The van der Waals surface area contributed by atoms with Crippen molar-refractivity contribution < 1.29 is 9.18 Å². The standard InChI is InChI=1S/C18H17BrFN3O/c1-18(2,3)17(24)23-16-9-14(19)15(8-11(16)10-21-23)22-13-6-4-12(20)5-7-13/h4-10,22H,1-3H3. The maximum absolute atomic E-state index is 13.0. The summed E-state index contributed by atoms with van der Waals surface area (Å²) in [6, 6.07) is 9.89. The monoisotopic (exact) mass is 389 g/mol.